The van der Waals surface area contributed by atoms with E-state index >= 15 is 0 Å². The summed E-state index contributed by atoms with van der Waals surface area (Å²) in [7, 11) is 0. The van der Waals surface area contributed by atoms with E-state index in [-0.39, 0.29) is 24.2 Å². The first-order chi connectivity index (χ1) is 16.5. The summed E-state index contributed by atoms with van der Waals surface area (Å²) in [6, 6.07) is 14.4. The van der Waals surface area contributed by atoms with Gasteiger partial charge in [-0.15, -0.1) is 0 Å². The number of rotatable bonds is 6. The highest BCUT2D eigenvalue weighted by Gasteiger charge is 2.35. The van der Waals surface area contributed by atoms with Crippen LogP contribution in [-0.2, 0) is 11.3 Å². The normalized spacial score (nSPS) is 21.1. The van der Waals surface area contributed by atoms with Crippen LogP contribution in [0.3, 0.4) is 0 Å². The molecule has 1 aromatic heterocycles. The SMILES string of the molecule is O=C(N[C@H]1CN2CCC1CC2)c1nn(Cc2ccccc2)c2cc(OC(F)F)ccc12.O=CO. The highest BCUT2D eigenvalue weighted by molar-refractivity contribution is 6.05. The number of piperidine rings is 3. The topological polar surface area (TPSA) is 96.7 Å². The molecule has 180 valence electrons. The predicted octanol–water partition coefficient (Wildman–Crippen LogP) is 3.21. The van der Waals surface area contributed by atoms with E-state index < -0.39 is 6.61 Å². The Morgan fingerprint density at radius 2 is 1.91 bits per heavy atom. The van der Waals surface area contributed by atoms with E-state index in [2.05, 4.69) is 20.1 Å². The summed E-state index contributed by atoms with van der Waals surface area (Å²) >= 11 is 0. The molecule has 0 aliphatic carbocycles. The molecule has 2 N–H and O–H groups in total. The van der Waals surface area contributed by atoms with Crippen molar-refractivity contribution in [3.05, 3.63) is 59.8 Å². The molecule has 3 aliphatic heterocycles. The van der Waals surface area contributed by atoms with E-state index in [4.69, 9.17) is 9.90 Å². The van der Waals surface area contributed by atoms with Gasteiger partial charge in [0.05, 0.1) is 12.1 Å². The molecule has 8 nitrogen and oxygen atoms in total. The van der Waals surface area contributed by atoms with Crippen molar-refractivity contribution >= 4 is 23.3 Å². The van der Waals surface area contributed by atoms with Gasteiger partial charge in [-0.2, -0.15) is 13.9 Å². The quantitative estimate of drug-likeness (QED) is 0.535. The number of hydrogen-bond acceptors (Lipinski definition) is 5. The van der Waals surface area contributed by atoms with Gasteiger partial charge in [-0.1, -0.05) is 30.3 Å². The first-order valence-corrected chi connectivity index (χ1v) is 11.1. The molecule has 1 amide bonds. The number of fused-ring (bicyclic) bond motifs is 4. The number of carbonyl (C=O) groups is 2. The Morgan fingerprint density at radius 1 is 1.21 bits per heavy atom. The number of halogens is 2. The largest absolute Gasteiger partial charge is 0.483 e. The van der Waals surface area contributed by atoms with Gasteiger partial charge in [0.15, 0.2) is 5.69 Å². The van der Waals surface area contributed by atoms with Gasteiger partial charge in [-0.05, 0) is 49.5 Å². The Bertz CT molecular complexity index is 1130. The van der Waals surface area contributed by atoms with Gasteiger partial charge in [0, 0.05) is 24.0 Å². The van der Waals surface area contributed by atoms with Crippen molar-refractivity contribution in [3.63, 3.8) is 0 Å². The highest BCUT2D eigenvalue weighted by atomic mass is 19.3. The fourth-order valence-electron chi connectivity index (χ4n) is 4.74. The maximum Gasteiger partial charge on any atom is 0.387 e. The molecule has 0 saturated carbocycles. The Kier molecular flexibility index (Phi) is 7.36. The Balaban J connectivity index is 0.000000868. The number of nitrogens with zero attached hydrogens (tertiary/aromatic N) is 3. The second kappa shape index (κ2) is 10.6. The third kappa shape index (κ3) is 5.33. The summed E-state index contributed by atoms with van der Waals surface area (Å²) in [5.74, 6) is 0.316. The predicted molar refractivity (Wildman–Crippen MR) is 121 cm³/mol. The Labute approximate surface area is 195 Å². The lowest BCUT2D eigenvalue weighted by Gasteiger charge is -2.44. The molecule has 3 aromatic rings. The average molecular weight is 472 g/mol. The first kappa shape index (κ1) is 23.6. The fraction of sp³-hybridized carbons (Fsp3) is 0.375. The molecule has 2 bridgehead atoms. The molecule has 0 spiro atoms. The van der Waals surface area contributed by atoms with Crippen LogP contribution in [0.5, 0.6) is 5.75 Å². The number of benzene rings is 2. The fourth-order valence-corrected chi connectivity index (χ4v) is 4.74. The molecule has 10 heteroatoms. The maximum atomic E-state index is 13.2. The minimum atomic E-state index is -2.91. The van der Waals surface area contributed by atoms with Gasteiger partial charge in [-0.3, -0.25) is 14.3 Å². The van der Waals surface area contributed by atoms with Crippen molar-refractivity contribution in [2.75, 3.05) is 19.6 Å². The zero-order valence-electron chi connectivity index (χ0n) is 18.4. The van der Waals surface area contributed by atoms with Crippen LogP contribution >= 0.6 is 0 Å². The van der Waals surface area contributed by atoms with E-state index in [1.54, 1.807) is 10.7 Å². The second-order valence-electron chi connectivity index (χ2n) is 8.37. The van der Waals surface area contributed by atoms with Crippen molar-refractivity contribution in [1.29, 1.82) is 0 Å². The third-order valence-corrected chi connectivity index (χ3v) is 6.31. The van der Waals surface area contributed by atoms with E-state index in [9.17, 15) is 13.6 Å². The van der Waals surface area contributed by atoms with Crippen molar-refractivity contribution in [2.24, 2.45) is 5.92 Å². The number of hydrogen-bond donors (Lipinski definition) is 2. The van der Waals surface area contributed by atoms with Gasteiger partial charge in [0.25, 0.3) is 12.4 Å². The second-order valence-corrected chi connectivity index (χ2v) is 8.37. The van der Waals surface area contributed by atoms with Gasteiger partial charge in [0.1, 0.15) is 5.75 Å². The summed E-state index contributed by atoms with van der Waals surface area (Å²) in [5, 5.41) is 15.3. The smallest absolute Gasteiger partial charge is 0.387 e. The van der Waals surface area contributed by atoms with Crippen LogP contribution in [-0.4, -0.2) is 64.5 Å². The zero-order valence-corrected chi connectivity index (χ0v) is 18.4. The molecule has 0 unspecified atom stereocenters. The van der Waals surface area contributed by atoms with Crippen LogP contribution in [0.15, 0.2) is 48.5 Å². The van der Waals surface area contributed by atoms with Crippen molar-refractivity contribution < 1.29 is 28.2 Å². The summed E-state index contributed by atoms with van der Waals surface area (Å²) in [6.07, 6.45) is 2.20. The van der Waals surface area contributed by atoms with Crippen LogP contribution in [0, 0.1) is 5.92 Å². The Hall–Kier alpha value is -3.53. The van der Waals surface area contributed by atoms with Crippen molar-refractivity contribution in [2.45, 2.75) is 32.0 Å². The summed E-state index contributed by atoms with van der Waals surface area (Å²) in [5.41, 5.74) is 1.89. The van der Waals surface area contributed by atoms with Crippen molar-refractivity contribution in [3.8, 4) is 5.75 Å². The minimum absolute atomic E-state index is 0.0426. The van der Waals surface area contributed by atoms with Gasteiger partial charge >= 0.3 is 6.61 Å². The lowest BCUT2D eigenvalue weighted by molar-refractivity contribution is -0.122. The molecule has 34 heavy (non-hydrogen) atoms. The number of ether oxygens (including phenoxy) is 1. The number of aromatic nitrogens is 2. The zero-order chi connectivity index (χ0) is 24.1. The maximum absolute atomic E-state index is 13.2. The van der Waals surface area contributed by atoms with Gasteiger partial charge in [0.2, 0.25) is 0 Å². The van der Waals surface area contributed by atoms with Crippen molar-refractivity contribution in [1.82, 2.24) is 20.0 Å². The third-order valence-electron chi connectivity index (χ3n) is 6.31. The standard InChI is InChI=1S/C23H24F2N4O2.CH2O2/c24-23(25)31-17-6-7-18-20(12-17)29(13-15-4-2-1-3-5-15)27-21(18)22(30)26-19-14-28-10-8-16(19)9-11-28;2-1-3/h1-7,12,16,19,23H,8-11,13-14H2,(H,26,30);1H,(H,2,3)/t19-;/m0./s1. The molecule has 6 rings (SSSR count). The monoisotopic (exact) mass is 472 g/mol. The van der Waals surface area contributed by atoms with Gasteiger partial charge in [-0.25, -0.2) is 0 Å². The number of carboxylic acid groups (broad SMARTS) is 1. The lowest BCUT2D eigenvalue weighted by Crippen LogP contribution is -2.57. The van der Waals surface area contributed by atoms with E-state index in [1.165, 1.54) is 12.1 Å². The highest BCUT2D eigenvalue weighted by Crippen LogP contribution is 2.29. The Morgan fingerprint density at radius 3 is 2.53 bits per heavy atom. The van der Waals surface area contributed by atoms with Crippen LogP contribution < -0.4 is 10.1 Å². The number of nitrogens with one attached hydrogen (secondary N) is 1. The average Bonchev–Trinajstić information content (AvgIpc) is 3.18. The van der Waals surface area contributed by atoms with Crippen LogP contribution in [0.4, 0.5) is 8.78 Å². The summed E-state index contributed by atoms with van der Waals surface area (Å²) in [6.45, 7) is 0.313. The van der Waals surface area contributed by atoms with Crippen LogP contribution in [0.25, 0.3) is 10.9 Å². The molecule has 3 aliphatic rings. The molecule has 1 atom stereocenters. The van der Waals surface area contributed by atoms with Crippen LogP contribution in [0.2, 0.25) is 0 Å². The molecule has 3 saturated heterocycles. The number of alkyl halides is 2. The molecular formula is C24H26F2N4O4. The van der Waals surface area contributed by atoms with Gasteiger partial charge < -0.3 is 20.1 Å². The molecule has 4 heterocycles. The first-order valence-electron chi connectivity index (χ1n) is 11.1. The molecular weight excluding hydrogens is 446 g/mol. The number of carbonyl (C=O) groups excluding carboxylic acids is 1. The molecule has 3 fully saturated rings. The summed E-state index contributed by atoms with van der Waals surface area (Å²) < 4.78 is 31.7. The van der Waals surface area contributed by atoms with E-state index in [1.807, 2.05) is 30.3 Å². The van der Waals surface area contributed by atoms with E-state index in [0.717, 1.165) is 38.0 Å². The molecule has 2 aromatic carbocycles. The van der Waals surface area contributed by atoms with Crippen LogP contribution in [0.1, 0.15) is 28.9 Å². The number of amides is 1. The summed E-state index contributed by atoms with van der Waals surface area (Å²) in [4.78, 5) is 23.9. The molecule has 0 radical (unpaired) electrons. The lowest BCUT2D eigenvalue weighted by atomic mass is 9.84. The minimum Gasteiger partial charge on any atom is -0.483 e. The van der Waals surface area contributed by atoms with E-state index in [0.29, 0.717) is 29.1 Å².